The van der Waals surface area contributed by atoms with Crippen molar-refractivity contribution in [2.75, 3.05) is 13.2 Å². The van der Waals surface area contributed by atoms with Crippen LogP contribution in [0.3, 0.4) is 0 Å². The van der Waals surface area contributed by atoms with Crippen molar-refractivity contribution in [3.63, 3.8) is 0 Å². The summed E-state index contributed by atoms with van der Waals surface area (Å²) in [5.74, 6) is 1.68. The first-order valence-electron chi connectivity index (χ1n) is 6.63. The molecule has 0 aromatic heterocycles. The molecule has 0 saturated heterocycles. The predicted molar refractivity (Wildman–Crippen MR) is 73.5 cm³/mol. The lowest BCUT2D eigenvalue weighted by molar-refractivity contribution is 0.269. The van der Waals surface area contributed by atoms with Crippen LogP contribution < -0.4 is 10.1 Å². The molecule has 1 atom stereocenters. The van der Waals surface area contributed by atoms with Gasteiger partial charge in [0.2, 0.25) is 0 Å². The quantitative estimate of drug-likeness (QED) is 0.745. The van der Waals surface area contributed by atoms with Crippen LogP contribution >= 0.6 is 0 Å². The lowest BCUT2D eigenvalue weighted by Crippen LogP contribution is -2.29. The van der Waals surface area contributed by atoms with E-state index in [9.17, 15) is 0 Å². The van der Waals surface area contributed by atoms with E-state index in [1.807, 2.05) is 30.3 Å². The van der Waals surface area contributed by atoms with E-state index >= 15 is 0 Å². The maximum Gasteiger partial charge on any atom is 0.119 e. The Morgan fingerprint density at radius 3 is 2.47 bits per heavy atom. The molecule has 1 N–H and O–H groups in total. The Morgan fingerprint density at radius 2 is 1.88 bits per heavy atom. The molecule has 0 aliphatic carbocycles. The van der Waals surface area contributed by atoms with Gasteiger partial charge in [0.25, 0.3) is 0 Å². The Hall–Kier alpha value is -1.02. The average molecular weight is 235 g/mol. The van der Waals surface area contributed by atoms with Crippen LogP contribution in [0.1, 0.15) is 33.6 Å². The molecule has 0 spiro atoms. The van der Waals surface area contributed by atoms with Crippen LogP contribution in [0, 0.1) is 5.92 Å². The summed E-state index contributed by atoms with van der Waals surface area (Å²) in [4.78, 5) is 0. The molecule has 1 aromatic rings. The molecule has 17 heavy (non-hydrogen) atoms. The Labute approximate surface area is 105 Å². The van der Waals surface area contributed by atoms with Gasteiger partial charge in [-0.1, -0.05) is 45.4 Å². The Bertz CT molecular complexity index is 284. The summed E-state index contributed by atoms with van der Waals surface area (Å²) in [6, 6.07) is 10.6. The van der Waals surface area contributed by atoms with Crippen molar-refractivity contribution >= 4 is 0 Å². The zero-order chi connectivity index (χ0) is 12.5. The first-order chi connectivity index (χ1) is 8.22. The molecule has 0 aliphatic rings. The van der Waals surface area contributed by atoms with Crippen molar-refractivity contribution in [3.05, 3.63) is 30.3 Å². The largest absolute Gasteiger partial charge is 0.494 e. The molecule has 0 bridgehead atoms. The molecule has 0 radical (unpaired) electrons. The normalized spacial score (nSPS) is 12.7. The number of hydrogen-bond acceptors (Lipinski definition) is 2. The number of nitrogens with one attached hydrogen (secondary N) is 1. The Kier molecular flexibility index (Phi) is 6.71. The van der Waals surface area contributed by atoms with E-state index in [4.69, 9.17) is 4.74 Å². The number of ether oxygens (including phenoxy) is 1. The molecule has 1 rings (SSSR count). The lowest BCUT2D eigenvalue weighted by Gasteiger charge is -2.17. The van der Waals surface area contributed by atoms with Gasteiger partial charge in [0.1, 0.15) is 5.75 Å². The third kappa shape index (κ3) is 6.32. The zero-order valence-corrected chi connectivity index (χ0v) is 11.3. The highest BCUT2D eigenvalue weighted by atomic mass is 16.5. The fraction of sp³-hybridized carbons (Fsp3) is 0.600. The van der Waals surface area contributed by atoms with Crippen molar-refractivity contribution in [3.8, 4) is 5.75 Å². The molecule has 1 unspecified atom stereocenters. The molecule has 0 heterocycles. The van der Waals surface area contributed by atoms with Gasteiger partial charge in [-0.05, 0) is 31.0 Å². The molecule has 96 valence electrons. The smallest absolute Gasteiger partial charge is 0.119 e. The highest BCUT2D eigenvalue weighted by Crippen LogP contribution is 2.12. The molecule has 2 nitrogen and oxygen atoms in total. The summed E-state index contributed by atoms with van der Waals surface area (Å²) < 4.78 is 5.72. The third-order valence-corrected chi connectivity index (χ3v) is 2.93. The van der Waals surface area contributed by atoms with Crippen LogP contribution in [0.2, 0.25) is 0 Å². The highest BCUT2D eigenvalue weighted by Gasteiger charge is 2.07. The summed E-state index contributed by atoms with van der Waals surface area (Å²) >= 11 is 0. The van der Waals surface area contributed by atoms with Crippen molar-refractivity contribution in [1.29, 1.82) is 0 Å². The Balaban J connectivity index is 2.19. The Morgan fingerprint density at radius 1 is 1.18 bits per heavy atom. The SMILES string of the molecule is CCC(CCOc1ccccc1)CNC(C)C. The molecule has 0 fully saturated rings. The monoisotopic (exact) mass is 235 g/mol. The van der Waals surface area contributed by atoms with E-state index in [1.54, 1.807) is 0 Å². The van der Waals surface area contributed by atoms with E-state index in [0.717, 1.165) is 25.3 Å². The van der Waals surface area contributed by atoms with Crippen molar-refractivity contribution < 1.29 is 4.74 Å². The number of rotatable bonds is 8. The van der Waals surface area contributed by atoms with Crippen LogP contribution in [0.25, 0.3) is 0 Å². The summed E-state index contributed by atoms with van der Waals surface area (Å²) in [5, 5.41) is 3.49. The van der Waals surface area contributed by atoms with Crippen LogP contribution in [-0.2, 0) is 0 Å². The van der Waals surface area contributed by atoms with Gasteiger partial charge in [-0.25, -0.2) is 0 Å². The topological polar surface area (TPSA) is 21.3 Å². The van der Waals surface area contributed by atoms with Gasteiger partial charge in [-0.15, -0.1) is 0 Å². The summed E-state index contributed by atoms with van der Waals surface area (Å²) in [5.41, 5.74) is 0. The fourth-order valence-electron chi connectivity index (χ4n) is 1.71. The molecule has 0 aliphatic heterocycles. The molecular formula is C15H25NO. The van der Waals surface area contributed by atoms with Gasteiger partial charge in [0.15, 0.2) is 0 Å². The second kappa shape index (κ2) is 8.13. The van der Waals surface area contributed by atoms with E-state index in [-0.39, 0.29) is 0 Å². The van der Waals surface area contributed by atoms with Gasteiger partial charge < -0.3 is 10.1 Å². The van der Waals surface area contributed by atoms with Crippen LogP contribution in [0.4, 0.5) is 0 Å². The predicted octanol–water partition coefficient (Wildman–Crippen LogP) is 3.48. The molecule has 0 saturated carbocycles. The summed E-state index contributed by atoms with van der Waals surface area (Å²) in [7, 11) is 0. The van der Waals surface area contributed by atoms with Crippen LogP contribution in [0.15, 0.2) is 30.3 Å². The standard InChI is InChI=1S/C15H25NO/c1-4-14(12-16-13(2)3)10-11-17-15-8-6-5-7-9-15/h5-9,13-14,16H,4,10-12H2,1-3H3. The first kappa shape index (κ1) is 14.0. The molecule has 0 amide bonds. The van der Waals surface area contributed by atoms with Gasteiger partial charge in [0, 0.05) is 6.04 Å². The summed E-state index contributed by atoms with van der Waals surface area (Å²) in [6.45, 7) is 8.52. The van der Waals surface area contributed by atoms with Gasteiger partial charge in [0.05, 0.1) is 6.61 Å². The number of hydrogen-bond donors (Lipinski definition) is 1. The van der Waals surface area contributed by atoms with Gasteiger partial charge in [-0.2, -0.15) is 0 Å². The maximum atomic E-state index is 5.72. The van der Waals surface area contributed by atoms with Crippen molar-refractivity contribution in [2.24, 2.45) is 5.92 Å². The van der Waals surface area contributed by atoms with Gasteiger partial charge >= 0.3 is 0 Å². The van der Waals surface area contributed by atoms with Crippen LogP contribution in [0.5, 0.6) is 5.75 Å². The van der Waals surface area contributed by atoms with E-state index in [0.29, 0.717) is 12.0 Å². The molecule has 1 aromatic carbocycles. The van der Waals surface area contributed by atoms with Gasteiger partial charge in [-0.3, -0.25) is 0 Å². The van der Waals surface area contributed by atoms with E-state index < -0.39 is 0 Å². The minimum atomic E-state index is 0.569. The first-order valence-corrected chi connectivity index (χ1v) is 6.63. The van der Waals surface area contributed by atoms with Crippen molar-refractivity contribution in [1.82, 2.24) is 5.32 Å². The highest BCUT2D eigenvalue weighted by molar-refractivity contribution is 5.20. The second-order valence-corrected chi connectivity index (χ2v) is 4.79. The minimum absolute atomic E-state index is 0.569. The summed E-state index contributed by atoms with van der Waals surface area (Å²) in [6.07, 6.45) is 2.32. The molecular weight excluding hydrogens is 210 g/mol. The van der Waals surface area contributed by atoms with E-state index in [2.05, 4.69) is 26.1 Å². The zero-order valence-electron chi connectivity index (χ0n) is 11.3. The minimum Gasteiger partial charge on any atom is -0.494 e. The number of benzene rings is 1. The number of para-hydroxylation sites is 1. The molecule has 2 heteroatoms. The fourth-order valence-corrected chi connectivity index (χ4v) is 1.71. The van der Waals surface area contributed by atoms with Crippen LogP contribution in [-0.4, -0.2) is 19.2 Å². The van der Waals surface area contributed by atoms with Crippen molar-refractivity contribution in [2.45, 2.75) is 39.7 Å². The second-order valence-electron chi connectivity index (χ2n) is 4.79. The maximum absolute atomic E-state index is 5.72. The third-order valence-electron chi connectivity index (χ3n) is 2.93. The van der Waals surface area contributed by atoms with E-state index in [1.165, 1.54) is 6.42 Å². The lowest BCUT2D eigenvalue weighted by atomic mass is 10.0. The average Bonchev–Trinajstić information content (AvgIpc) is 2.34.